The first-order valence-corrected chi connectivity index (χ1v) is 4.03. The first kappa shape index (κ1) is 9.94. The summed E-state index contributed by atoms with van der Waals surface area (Å²) in [6.07, 6.45) is -0.227. The number of aliphatic hydroxyl groups is 1. The van der Waals surface area contributed by atoms with Gasteiger partial charge in [-0.2, -0.15) is 0 Å². The number of carbonyl (C=O) groups excluding carboxylic acids is 2. The average Bonchev–Trinajstić information content (AvgIpc) is 2.03. The maximum absolute atomic E-state index is 10.8. The lowest BCUT2D eigenvalue weighted by atomic mass is 9.95. The van der Waals surface area contributed by atoms with Gasteiger partial charge in [-0.1, -0.05) is 0 Å². The number of piperidine rings is 1. The minimum Gasteiger partial charge on any atom is -0.393 e. The van der Waals surface area contributed by atoms with E-state index in [0.717, 1.165) is 0 Å². The highest BCUT2D eigenvalue weighted by molar-refractivity contribution is 5.84. The summed E-state index contributed by atoms with van der Waals surface area (Å²) in [7, 11) is 0. The minimum absolute atomic E-state index is 0.235. The van der Waals surface area contributed by atoms with Crippen LogP contribution in [0.3, 0.4) is 0 Å². The van der Waals surface area contributed by atoms with Crippen molar-refractivity contribution in [2.75, 3.05) is 0 Å². The van der Waals surface area contributed by atoms with Crippen LogP contribution in [0.15, 0.2) is 0 Å². The molecule has 0 aliphatic carbocycles. The Balaban J connectivity index is 2.62. The van der Waals surface area contributed by atoms with Crippen LogP contribution < -0.4 is 16.8 Å². The lowest BCUT2D eigenvalue weighted by molar-refractivity contribution is -0.125. The Morgan fingerprint density at radius 2 is 1.54 bits per heavy atom. The van der Waals surface area contributed by atoms with Gasteiger partial charge in [0.1, 0.15) is 0 Å². The first-order chi connectivity index (χ1) is 6.00. The Bertz CT molecular complexity index is 209. The normalized spacial score (nSPS) is 34.1. The highest BCUT2D eigenvalue weighted by Crippen LogP contribution is 2.13. The number of nitrogens with two attached hydrogens (primary N) is 2. The van der Waals surface area contributed by atoms with Gasteiger partial charge in [-0.15, -0.1) is 0 Å². The van der Waals surface area contributed by atoms with Crippen molar-refractivity contribution >= 4 is 11.8 Å². The van der Waals surface area contributed by atoms with E-state index < -0.39 is 30.0 Å². The summed E-state index contributed by atoms with van der Waals surface area (Å²) < 4.78 is 0. The second-order valence-electron chi connectivity index (χ2n) is 3.20. The molecule has 0 aromatic rings. The molecule has 0 saturated carbocycles. The predicted molar refractivity (Wildman–Crippen MR) is 44.3 cm³/mol. The number of hydrogen-bond acceptors (Lipinski definition) is 4. The maximum atomic E-state index is 10.8. The van der Waals surface area contributed by atoms with Crippen molar-refractivity contribution in [3.05, 3.63) is 0 Å². The zero-order chi connectivity index (χ0) is 10.0. The standard InChI is InChI=1S/C7H13N3O3/c8-6(12)4-1-3(11)2-5(10-4)7(9)13/h3-5,10-11H,1-2H2,(H2,8,12)(H2,9,13)/t3?,4-,5+. The summed E-state index contributed by atoms with van der Waals surface area (Å²) in [4.78, 5) is 21.5. The van der Waals surface area contributed by atoms with Gasteiger partial charge < -0.3 is 16.6 Å². The van der Waals surface area contributed by atoms with E-state index in [-0.39, 0.29) is 12.8 Å². The monoisotopic (exact) mass is 187 g/mol. The maximum Gasteiger partial charge on any atom is 0.234 e. The molecule has 2 amide bonds. The van der Waals surface area contributed by atoms with Crippen molar-refractivity contribution in [1.29, 1.82) is 0 Å². The van der Waals surface area contributed by atoms with Crippen molar-refractivity contribution in [3.63, 3.8) is 0 Å². The molecule has 6 nitrogen and oxygen atoms in total. The van der Waals surface area contributed by atoms with Crippen molar-refractivity contribution < 1.29 is 14.7 Å². The van der Waals surface area contributed by atoms with Gasteiger partial charge >= 0.3 is 0 Å². The Morgan fingerprint density at radius 3 is 1.85 bits per heavy atom. The van der Waals surface area contributed by atoms with Crippen LogP contribution in [0, 0.1) is 0 Å². The molecule has 3 atom stereocenters. The van der Waals surface area contributed by atoms with Crippen LogP contribution in [0.25, 0.3) is 0 Å². The largest absolute Gasteiger partial charge is 0.393 e. The van der Waals surface area contributed by atoms with Crippen LogP contribution >= 0.6 is 0 Å². The molecule has 1 aliphatic heterocycles. The molecule has 0 aromatic carbocycles. The van der Waals surface area contributed by atoms with Crippen LogP contribution in [0.1, 0.15) is 12.8 Å². The number of primary amides is 2. The lowest BCUT2D eigenvalue weighted by Gasteiger charge is -2.30. The summed E-state index contributed by atoms with van der Waals surface area (Å²) in [5, 5.41) is 12.0. The number of rotatable bonds is 2. The van der Waals surface area contributed by atoms with E-state index in [1.807, 2.05) is 0 Å². The number of nitrogens with one attached hydrogen (secondary N) is 1. The molecule has 1 rings (SSSR count). The molecule has 0 spiro atoms. The molecule has 6 heteroatoms. The van der Waals surface area contributed by atoms with E-state index in [1.165, 1.54) is 0 Å². The summed E-state index contributed by atoms with van der Waals surface area (Å²) in [5.41, 5.74) is 10.1. The third-order valence-corrected chi connectivity index (χ3v) is 2.10. The van der Waals surface area contributed by atoms with Gasteiger partial charge in [-0.05, 0) is 12.8 Å². The van der Waals surface area contributed by atoms with E-state index in [4.69, 9.17) is 11.5 Å². The zero-order valence-electron chi connectivity index (χ0n) is 7.06. The van der Waals surface area contributed by atoms with Crippen LogP contribution in [0.2, 0.25) is 0 Å². The van der Waals surface area contributed by atoms with Crippen LogP contribution in [-0.2, 0) is 9.59 Å². The van der Waals surface area contributed by atoms with E-state index in [9.17, 15) is 14.7 Å². The molecule has 0 bridgehead atoms. The van der Waals surface area contributed by atoms with E-state index in [1.54, 1.807) is 0 Å². The molecule has 1 heterocycles. The topological polar surface area (TPSA) is 118 Å². The average molecular weight is 187 g/mol. The summed E-state index contributed by atoms with van der Waals surface area (Å²) in [5.74, 6) is -1.16. The van der Waals surface area contributed by atoms with E-state index in [2.05, 4.69) is 5.32 Å². The number of amides is 2. The highest BCUT2D eigenvalue weighted by Gasteiger charge is 2.32. The first-order valence-electron chi connectivity index (χ1n) is 4.03. The smallest absolute Gasteiger partial charge is 0.234 e. The van der Waals surface area contributed by atoms with Crippen LogP contribution in [0.5, 0.6) is 0 Å². The predicted octanol–water partition coefficient (Wildman–Crippen LogP) is -2.56. The van der Waals surface area contributed by atoms with Gasteiger partial charge in [0.25, 0.3) is 0 Å². The van der Waals surface area contributed by atoms with E-state index in [0.29, 0.717) is 0 Å². The van der Waals surface area contributed by atoms with Crippen molar-refractivity contribution in [3.8, 4) is 0 Å². The molecule has 74 valence electrons. The van der Waals surface area contributed by atoms with Gasteiger partial charge in [0.15, 0.2) is 0 Å². The van der Waals surface area contributed by atoms with Gasteiger partial charge in [0.05, 0.1) is 18.2 Å². The summed E-state index contributed by atoms with van der Waals surface area (Å²) in [6.45, 7) is 0. The summed E-state index contributed by atoms with van der Waals surface area (Å²) >= 11 is 0. The number of aliphatic hydroxyl groups excluding tert-OH is 1. The van der Waals surface area contributed by atoms with Crippen molar-refractivity contribution in [2.24, 2.45) is 11.5 Å². The SMILES string of the molecule is NC(=O)[C@@H]1CC(O)C[C@H](C(N)=O)N1. The van der Waals surface area contributed by atoms with Crippen LogP contribution in [-0.4, -0.2) is 35.1 Å². The van der Waals surface area contributed by atoms with Crippen molar-refractivity contribution in [2.45, 2.75) is 31.0 Å². The molecule has 1 aliphatic rings. The quantitative estimate of drug-likeness (QED) is 0.380. The fourth-order valence-electron chi connectivity index (χ4n) is 1.42. The summed E-state index contributed by atoms with van der Waals surface area (Å²) in [6, 6.07) is -1.33. The molecule has 1 saturated heterocycles. The molecule has 13 heavy (non-hydrogen) atoms. The molecule has 0 radical (unpaired) electrons. The Kier molecular flexibility index (Phi) is 2.84. The van der Waals surface area contributed by atoms with Crippen molar-refractivity contribution in [1.82, 2.24) is 5.32 Å². The minimum atomic E-state index is -0.698. The van der Waals surface area contributed by atoms with Gasteiger partial charge in [-0.25, -0.2) is 0 Å². The van der Waals surface area contributed by atoms with Crippen LogP contribution in [0.4, 0.5) is 0 Å². The molecular weight excluding hydrogens is 174 g/mol. The van der Waals surface area contributed by atoms with Gasteiger partial charge in [0.2, 0.25) is 11.8 Å². The third-order valence-electron chi connectivity index (χ3n) is 2.10. The molecule has 1 unspecified atom stereocenters. The fourth-order valence-corrected chi connectivity index (χ4v) is 1.42. The second kappa shape index (κ2) is 3.71. The van der Waals surface area contributed by atoms with Gasteiger partial charge in [0, 0.05) is 0 Å². The Hall–Kier alpha value is -1.14. The molecule has 6 N–H and O–H groups in total. The zero-order valence-corrected chi connectivity index (χ0v) is 7.06. The highest BCUT2D eigenvalue weighted by atomic mass is 16.3. The Morgan fingerprint density at radius 1 is 1.15 bits per heavy atom. The lowest BCUT2D eigenvalue weighted by Crippen LogP contribution is -2.57. The molecule has 0 aromatic heterocycles. The van der Waals surface area contributed by atoms with E-state index >= 15 is 0 Å². The third kappa shape index (κ3) is 2.40. The molecule has 1 fully saturated rings. The number of carbonyl (C=O) groups is 2. The fraction of sp³-hybridized carbons (Fsp3) is 0.714. The molecular formula is C7H13N3O3. The van der Waals surface area contributed by atoms with Gasteiger partial charge in [-0.3, -0.25) is 14.9 Å². The number of hydrogen-bond donors (Lipinski definition) is 4. The second-order valence-corrected chi connectivity index (χ2v) is 3.20. The Labute approximate surface area is 75.3 Å².